The van der Waals surface area contributed by atoms with Crippen LogP contribution in [0.2, 0.25) is 0 Å². The van der Waals surface area contributed by atoms with Crippen molar-refractivity contribution in [3.8, 4) is 28.8 Å². The van der Waals surface area contributed by atoms with E-state index >= 15 is 0 Å². The summed E-state index contributed by atoms with van der Waals surface area (Å²) in [6.07, 6.45) is 3.89. The molecule has 44 heavy (non-hydrogen) atoms. The summed E-state index contributed by atoms with van der Waals surface area (Å²) in [5, 5.41) is 24.8. The zero-order valence-corrected chi connectivity index (χ0v) is 27.8. The van der Waals surface area contributed by atoms with E-state index in [4.69, 9.17) is 19.6 Å². The number of benzene rings is 4. The minimum absolute atomic E-state index is 0. The van der Waals surface area contributed by atoms with Gasteiger partial charge in [-0.1, -0.05) is 42.8 Å². The Morgan fingerprint density at radius 3 is 2.32 bits per heavy atom. The predicted molar refractivity (Wildman–Crippen MR) is 172 cm³/mol. The molecule has 0 atom stereocenters. The molecular formula is C36H32IrN3O4-. The molecular weight excluding hydrogens is 731 g/mol. The van der Waals surface area contributed by atoms with Crippen molar-refractivity contribution in [2.45, 2.75) is 27.2 Å². The van der Waals surface area contributed by atoms with Gasteiger partial charge in [-0.3, -0.25) is 4.79 Å². The van der Waals surface area contributed by atoms with Gasteiger partial charge in [0, 0.05) is 67.1 Å². The summed E-state index contributed by atoms with van der Waals surface area (Å²) in [4.78, 5) is 14.7. The minimum Gasteiger partial charge on any atom is -0.540 e. The van der Waals surface area contributed by atoms with Gasteiger partial charge >= 0.3 is 0 Å². The average molecular weight is 763 g/mol. The van der Waals surface area contributed by atoms with E-state index in [1.165, 1.54) is 25.5 Å². The zero-order chi connectivity index (χ0) is 30.8. The number of allylic oxidation sites excluding steroid dienone is 2. The summed E-state index contributed by atoms with van der Waals surface area (Å²) < 4.78 is 13.2. The molecule has 2 aromatic heterocycles. The number of methoxy groups -OCH3 is 2. The van der Waals surface area contributed by atoms with Crippen LogP contribution in [0.1, 0.15) is 31.9 Å². The van der Waals surface area contributed by atoms with E-state index in [1.807, 2.05) is 18.3 Å². The first-order chi connectivity index (χ1) is 20.7. The second-order valence-corrected chi connectivity index (χ2v) is 10.3. The maximum atomic E-state index is 10.0. The van der Waals surface area contributed by atoms with Crippen LogP contribution in [0.4, 0.5) is 0 Å². The number of aromatic nitrogens is 2. The van der Waals surface area contributed by atoms with Crippen molar-refractivity contribution in [2.75, 3.05) is 14.2 Å². The van der Waals surface area contributed by atoms with Crippen LogP contribution < -0.4 is 9.47 Å². The SMILES string of the molecule is CC(=O)/C=C(/C)O.CCc1cc(C#N)c2c3ccc4c5ccnc(-c6[c-]cc(OC)cc6OC)c5ccc4c3n(C)c2c1.[Ir]. The Labute approximate surface area is 269 Å². The summed E-state index contributed by atoms with van der Waals surface area (Å²) in [5.41, 5.74) is 5.71. The molecule has 0 aliphatic heterocycles. The van der Waals surface area contributed by atoms with E-state index in [9.17, 15) is 10.1 Å². The van der Waals surface area contributed by atoms with Gasteiger partial charge in [-0.15, -0.1) is 12.1 Å². The molecule has 8 heteroatoms. The topological polar surface area (TPSA) is 97.4 Å². The van der Waals surface area contributed by atoms with Gasteiger partial charge in [-0.2, -0.15) is 5.26 Å². The van der Waals surface area contributed by atoms with Crippen molar-refractivity contribution in [3.63, 3.8) is 0 Å². The average Bonchev–Trinajstić information content (AvgIpc) is 3.31. The van der Waals surface area contributed by atoms with Crippen molar-refractivity contribution in [3.05, 3.63) is 89.8 Å². The molecule has 2 heterocycles. The molecule has 0 saturated heterocycles. The Hall–Kier alpha value is -4.70. The molecule has 0 unspecified atom stereocenters. The Morgan fingerprint density at radius 2 is 1.70 bits per heavy atom. The Bertz CT molecular complexity index is 2120. The Morgan fingerprint density at radius 1 is 1.02 bits per heavy atom. The van der Waals surface area contributed by atoms with Gasteiger partial charge in [-0.05, 0) is 65.9 Å². The molecule has 225 valence electrons. The number of aliphatic hydroxyl groups is 1. The molecule has 1 radical (unpaired) electrons. The van der Waals surface area contributed by atoms with E-state index in [1.54, 1.807) is 20.3 Å². The summed E-state index contributed by atoms with van der Waals surface area (Å²) in [5.74, 6) is 1.28. The molecule has 0 bridgehead atoms. The maximum absolute atomic E-state index is 10.0. The molecule has 0 saturated carbocycles. The van der Waals surface area contributed by atoms with Gasteiger partial charge in [0.1, 0.15) is 0 Å². The molecule has 0 aliphatic rings. The van der Waals surface area contributed by atoms with Crippen molar-refractivity contribution < 1.29 is 39.5 Å². The van der Waals surface area contributed by atoms with E-state index in [0.29, 0.717) is 11.5 Å². The van der Waals surface area contributed by atoms with Crippen molar-refractivity contribution >= 4 is 49.1 Å². The fraction of sp³-hybridized carbons (Fsp3) is 0.194. The first-order valence-corrected chi connectivity index (χ1v) is 13.9. The number of pyridine rings is 1. The number of hydrogen-bond acceptors (Lipinski definition) is 6. The number of ketones is 1. The molecule has 0 amide bonds. The Kier molecular flexibility index (Phi) is 9.74. The molecule has 0 fully saturated rings. The third kappa shape index (κ3) is 5.77. The third-order valence-corrected chi connectivity index (χ3v) is 7.57. The number of rotatable bonds is 5. The number of ether oxygens (including phenoxy) is 2. The monoisotopic (exact) mass is 763 g/mol. The number of fused-ring (bicyclic) bond motifs is 7. The van der Waals surface area contributed by atoms with Crippen LogP contribution in [0.25, 0.3) is 54.6 Å². The molecule has 6 rings (SSSR count). The summed E-state index contributed by atoms with van der Waals surface area (Å²) in [6, 6.07) is 24.2. The van der Waals surface area contributed by atoms with Crippen LogP contribution >= 0.6 is 0 Å². The van der Waals surface area contributed by atoms with Gasteiger partial charge in [0.25, 0.3) is 0 Å². The van der Waals surface area contributed by atoms with E-state index < -0.39 is 0 Å². The van der Waals surface area contributed by atoms with E-state index in [2.05, 4.69) is 67.1 Å². The Balaban J connectivity index is 0.000000497. The quantitative estimate of drug-likeness (QED) is 0.0829. The van der Waals surface area contributed by atoms with Gasteiger partial charge in [-0.25, -0.2) is 0 Å². The first kappa shape index (κ1) is 32.2. The summed E-state index contributed by atoms with van der Waals surface area (Å²) in [7, 11) is 5.36. The number of carbonyl (C=O) groups is 1. The van der Waals surface area contributed by atoms with Crippen LogP contribution in [-0.2, 0) is 38.4 Å². The number of carbonyl (C=O) groups excluding carboxylic acids is 1. The van der Waals surface area contributed by atoms with Gasteiger partial charge in [0.05, 0.1) is 42.6 Å². The summed E-state index contributed by atoms with van der Waals surface area (Å²) >= 11 is 0. The van der Waals surface area contributed by atoms with Crippen molar-refractivity contribution in [2.24, 2.45) is 7.05 Å². The molecule has 6 aromatic rings. The second-order valence-electron chi connectivity index (χ2n) is 10.3. The van der Waals surface area contributed by atoms with E-state index in [-0.39, 0.29) is 31.6 Å². The molecule has 0 spiro atoms. The largest absolute Gasteiger partial charge is 0.540 e. The fourth-order valence-corrected chi connectivity index (χ4v) is 5.68. The number of hydrogen-bond donors (Lipinski definition) is 1. The molecule has 4 aromatic carbocycles. The van der Waals surface area contributed by atoms with Gasteiger partial charge in [0.15, 0.2) is 5.78 Å². The van der Waals surface area contributed by atoms with Crippen LogP contribution in [0, 0.1) is 17.4 Å². The summed E-state index contributed by atoms with van der Waals surface area (Å²) in [6.45, 7) is 4.97. The van der Waals surface area contributed by atoms with Crippen LogP contribution in [-0.4, -0.2) is 34.7 Å². The van der Waals surface area contributed by atoms with Crippen molar-refractivity contribution in [1.29, 1.82) is 5.26 Å². The van der Waals surface area contributed by atoms with Gasteiger partial charge < -0.3 is 24.1 Å². The molecule has 1 N–H and O–H groups in total. The van der Waals surface area contributed by atoms with Crippen LogP contribution in [0.3, 0.4) is 0 Å². The molecule has 0 aliphatic carbocycles. The normalized spacial score (nSPS) is 11.2. The number of nitriles is 1. The van der Waals surface area contributed by atoms with Crippen LogP contribution in [0.15, 0.2) is 72.6 Å². The zero-order valence-electron chi connectivity index (χ0n) is 25.4. The smallest absolute Gasteiger partial charge is 0.155 e. The third-order valence-electron chi connectivity index (χ3n) is 7.57. The number of aliphatic hydroxyl groups excluding tert-OH is 1. The minimum atomic E-state index is -0.125. The van der Waals surface area contributed by atoms with E-state index in [0.717, 1.165) is 66.6 Å². The van der Waals surface area contributed by atoms with Crippen molar-refractivity contribution in [1.82, 2.24) is 9.55 Å². The standard InChI is InChI=1S/C31H24N3O2.C5H8O2.Ir/c1-5-18-14-19(17-32)29-26-11-8-21-22-12-13-33-30(25-7-6-20(35-3)16-28(25)36-4)23(22)9-10-24(21)31(26)34(2)27(29)15-18;1-4(6)3-5(2)7;/h6,8-16H,5H2,1-4H3;3,6H,1-2H3;/q-1;;/b;4-3-;. The number of aryl methyl sites for hydroxylation is 2. The second kappa shape index (κ2) is 13.3. The fourth-order valence-electron chi connectivity index (χ4n) is 5.68. The van der Waals surface area contributed by atoms with Crippen LogP contribution in [0.5, 0.6) is 11.5 Å². The maximum Gasteiger partial charge on any atom is 0.155 e. The first-order valence-electron chi connectivity index (χ1n) is 13.9. The predicted octanol–water partition coefficient (Wildman–Crippen LogP) is 7.99. The van der Waals surface area contributed by atoms with Gasteiger partial charge in [0.2, 0.25) is 0 Å². The molecule has 7 nitrogen and oxygen atoms in total. The number of nitrogens with zero attached hydrogens (tertiary/aromatic N) is 3.